The van der Waals surface area contributed by atoms with Crippen LogP contribution in [0.4, 0.5) is 0 Å². The SMILES string of the molecule is Cc1ccc(S(=O)(=O)NCC(=O)OCc2ccc(C(C)C)cc2)cc1. The van der Waals surface area contributed by atoms with Crippen LogP contribution in [-0.2, 0) is 26.2 Å². The van der Waals surface area contributed by atoms with E-state index in [9.17, 15) is 13.2 Å². The molecule has 5 nitrogen and oxygen atoms in total. The summed E-state index contributed by atoms with van der Waals surface area (Å²) in [5, 5.41) is 0. The molecule has 0 atom stereocenters. The maximum absolute atomic E-state index is 12.1. The number of nitrogens with one attached hydrogen (secondary N) is 1. The molecule has 0 aromatic heterocycles. The minimum Gasteiger partial charge on any atom is -0.460 e. The molecule has 25 heavy (non-hydrogen) atoms. The van der Waals surface area contributed by atoms with E-state index in [1.807, 2.05) is 31.2 Å². The van der Waals surface area contributed by atoms with Crippen LogP contribution in [0, 0.1) is 6.92 Å². The largest absolute Gasteiger partial charge is 0.460 e. The molecule has 0 aliphatic rings. The second kappa shape index (κ2) is 8.27. The van der Waals surface area contributed by atoms with Gasteiger partial charge in [-0.2, -0.15) is 4.72 Å². The molecule has 0 aliphatic heterocycles. The van der Waals surface area contributed by atoms with E-state index in [-0.39, 0.29) is 11.5 Å². The smallest absolute Gasteiger partial charge is 0.321 e. The second-order valence-electron chi connectivity index (χ2n) is 6.19. The highest BCUT2D eigenvalue weighted by molar-refractivity contribution is 7.89. The predicted octanol–water partition coefficient (Wildman–Crippen LogP) is 3.14. The van der Waals surface area contributed by atoms with Crippen LogP contribution in [0.1, 0.15) is 36.5 Å². The molecule has 134 valence electrons. The first-order valence-electron chi connectivity index (χ1n) is 8.09. The molecule has 2 rings (SSSR count). The molecule has 0 radical (unpaired) electrons. The van der Waals surface area contributed by atoms with E-state index in [0.717, 1.165) is 11.1 Å². The third-order valence-electron chi connectivity index (χ3n) is 3.78. The summed E-state index contributed by atoms with van der Waals surface area (Å²) >= 11 is 0. The maximum atomic E-state index is 12.1. The molecule has 0 heterocycles. The third-order valence-corrected chi connectivity index (χ3v) is 5.20. The Hall–Kier alpha value is -2.18. The average molecular weight is 361 g/mol. The van der Waals surface area contributed by atoms with E-state index >= 15 is 0 Å². The molecule has 0 saturated heterocycles. The van der Waals surface area contributed by atoms with Crippen molar-refractivity contribution >= 4 is 16.0 Å². The lowest BCUT2D eigenvalue weighted by Crippen LogP contribution is -2.30. The van der Waals surface area contributed by atoms with Crippen molar-refractivity contribution in [2.75, 3.05) is 6.54 Å². The summed E-state index contributed by atoms with van der Waals surface area (Å²) in [4.78, 5) is 11.9. The number of hydrogen-bond donors (Lipinski definition) is 1. The molecular weight excluding hydrogens is 338 g/mol. The Morgan fingerprint density at radius 1 is 1.04 bits per heavy atom. The van der Waals surface area contributed by atoms with E-state index < -0.39 is 22.5 Å². The fraction of sp³-hybridized carbons (Fsp3) is 0.316. The molecule has 0 spiro atoms. The van der Waals surface area contributed by atoms with Crippen molar-refractivity contribution in [3.8, 4) is 0 Å². The van der Waals surface area contributed by atoms with Crippen LogP contribution in [0.2, 0.25) is 0 Å². The first-order chi connectivity index (χ1) is 11.8. The summed E-state index contributed by atoms with van der Waals surface area (Å²) in [7, 11) is -3.72. The highest BCUT2D eigenvalue weighted by Gasteiger charge is 2.15. The Morgan fingerprint density at radius 3 is 2.20 bits per heavy atom. The number of benzene rings is 2. The number of carbonyl (C=O) groups is 1. The number of carbonyl (C=O) groups excluding carboxylic acids is 1. The van der Waals surface area contributed by atoms with Crippen LogP contribution < -0.4 is 4.72 Å². The van der Waals surface area contributed by atoms with Crippen LogP contribution in [0.5, 0.6) is 0 Å². The molecule has 0 fully saturated rings. The van der Waals surface area contributed by atoms with Crippen LogP contribution in [0.3, 0.4) is 0 Å². The molecule has 0 bridgehead atoms. The number of hydrogen-bond acceptors (Lipinski definition) is 4. The summed E-state index contributed by atoms with van der Waals surface area (Å²) in [5.74, 6) is -0.184. The van der Waals surface area contributed by atoms with Gasteiger partial charge in [0.05, 0.1) is 4.90 Å². The number of esters is 1. The van der Waals surface area contributed by atoms with Crippen molar-refractivity contribution in [2.45, 2.75) is 38.2 Å². The fourth-order valence-corrected chi connectivity index (χ4v) is 3.14. The van der Waals surface area contributed by atoms with Gasteiger partial charge in [0, 0.05) is 0 Å². The minimum absolute atomic E-state index is 0.115. The summed E-state index contributed by atoms with van der Waals surface area (Å²) in [6.07, 6.45) is 0. The molecule has 6 heteroatoms. The molecule has 0 aliphatic carbocycles. The maximum Gasteiger partial charge on any atom is 0.321 e. The molecule has 1 N–H and O–H groups in total. The minimum atomic E-state index is -3.72. The van der Waals surface area contributed by atoms with Gasteiger partial charge in [-0.1, -0.05) is 55.8 Å². The average Bonchev–Trinajstić information content (AvgIpc) is 2.59. The van der Waals surface area contributed by atoms with Gasteiger partial charge in [-0.3, -0.25) is 4.79 Å². The van der Waals surface area contributed by atoms with Gasteiger partial charge >= 0.3 is 5.97 Å². The van der Waals surface area contributed by atoms with Crippen LogP contribution >= 0.6 is 0 Å². The number of rotatable bonds is 7. The fourth-order valence-electron chi connectivity index (χ4n) is 2.17. The van der Waals surface area contributed by atoms with E-state index in [2.05, 4.69) is 18.6 Å². The Kier molecular flexibility index (Phi) is 6.33. The van der Waals surface area contributed by atoms with Gasteiger partial charge in [-0.15, -0.1) is 0 Å². The number of aryl methyl sites for hydroxylation is 1. The lowest BCUT2D eigenvalue weighted by atomic mass is 10.0. The Labute approximate surface area is 149 Å². The van der Waals surface area contributed by atoms with Gasteiger partial charge in [0.15, 0.2) is 0 Å². The zero-order valence-electron chi connectivity index (χ0n) is 14.7. The van der Waals surface area contributed by atoms with Crippen LogP contribution in [0.25, 0.3) is 0 Å². The van der Waals surface area contributed by atoms with Gasteiger partial charge in [0.2, 0.25) is 10.0 Å². The number of ether oxygens (including phenoxy) is 1. The summed E-state index contributed by atoms with van der Waals surface area (Å²) in [6.45, 7) is 5.79. The van der Waals surface area contributed by atoms with E-state index in [1.165, 1.54) is 17.7 Å². The van der Waals surface area contributed by atoms with Gasteiger partial charge in [0.1, 0.15) is 13.2 Å². The van der Waals surface area contributed by atoms with Crippen LogP contribution in [-0.4, -0.2) is 20.9 Å². The zero-order valence-corrected chi connectivity index (χ0v) is 15.5. The quantitative estimate of drug-likeness (QED) is 0.769. The monoisotopic (exact) mass is 361 g/mol. The van der Waals surface area contributed by atoms with Crippen molar-refractivity contribution < 1.29 is 17.9 Å². The lowest BCUT2D eigenvalue weighted by molar-refractivity contribution is -0.143. The standard InChI is InChI=1S/C19H23NO4S/c1-14(2)17-8-6-16(7-9-17)13-24-19(21)12-20-25(22,23)18-10-4-15(3)5-11-18/h4-11,14,20H,12-13H2,1-3H3. The highest BCUT2D eigenvalue weighted by Crippen LogP contribution is 2.15. The zero-order chi connectivity index (χ0) is 18.4. The number of sulfonamides is 1. The topological polar surface area (TPSA) is 72.5 Å². The predicted molar refractivity (Wildman–Crippen MR) is 96.7 cm³/mol. The molecule has 2 aromatic carbocycles. The first-order valence-corrected chi connectivity index (χ1v) is 9.57. The Morgan fingerprint density at radius 2 is 1.64 bits per heavy atom. The molecule has 0 amide bonds. The lowest BCUT2D eigenvalue weighted by Gasteiger charge is -2.09. The molecule has 0 saturated carbocycles. The van der Waals surface area contributed by atoms with E-state index in [4.69, 9.17) is 4.74 Å². The van der Waals surface area contributed by atoms with Crippen molar-refractivity contribution in [3.05, 3.63) is 65.2 Å². The van der Waals surface area contributed by atoms with Gasteiger partial charge < -0.3 is 4.74 Å². The van der Waals surface area contributed by atoms with E-state index in [0.29, 0.717) is 5.92 Å². The van der Waals surface area contributed by atoms with Gasteiger partial charge in [-0.05, 0) is 36.1 Å². The summed E-state index contributed by atoms with van der Waals surface area (Å²) < 4.78 is 31.6. The van der Waals surface area contributed by atoms with Crippen molar-refractivity contribution in [1.29, 1.82) is 0 Å². The van der Waals surface area contributed by atoms with Crippen molar-refractivity contribution in [2.24, 2.45) is 0 Å². The van der Waals surface area contributed by atoms with Crippen LogP contribution in [0.15, 0.2) is 53.4 Å². The highest BCUT2D eigenvalue weighted by atomic mass is 32.2. The molecule has 2 aromatic rings. The van der Waals surface area contributed by atoms with Gasteiger partial charge in [0.25, 0.3) is 0 Å². The van der Waals surface area contributed by atoms with Crippen molar-refractivity contribution in [1.82, 2.24) is 4.72 Å². The Balaban J connectivity index is 1.85. The van der Waals surface area contributed by atoms with E-state index in [1.54, 1.807) is 12.1 Å². The summed E-state index contributed by atoms with van der Waals surface area (Å²) in [6, 6.07) is 14.2. The third kappa shape index (κ3) is 5.69. The second-order valence-corrected chi connectivity index (χ2v) is 7.96. The van der Waals surface area contributed by atoms with Crippen molar-refractivity contribution in [3.63, 3.8) is 0 Å². The molecular formula is C19H23NO4S. The summed E-state index contributed by atoms with van der Waals surface area (Å²) in [5.41, 5.74) is 3.03. The van der Waals surface area contributed by atoms with Gasteiger partial charge in [-0.25, -0.2) is 8.42 Å². The normalized spacial score (nSPS) is 11.5. The first kappa shape index (κ1) is 19.1. The molecule has 0 unspecified atom stereocenters. The Bertz CT molecular complexity index is 810.